The van der Waals surface area contributed by atoms with E-state index in [2.05, 4.69) is 25.6 Å². The van der Waals surface area contributed by atoms with E-state index in [4.69, 9.17) is 16.7 Å². The van der Waals surface area contributed by atoms with Crippen molar-refractivity contribution in [2.24, 2.45) is 0 Å². The highest BCUT2D eigenvalue weighted by Gasteiger charge is 2.07. The summed E-state index contributed by atoms with van der Waals surface area (Å²) in [7, 11) is 0. The molecule has 2 aromatic heterocycles. The Morgan fingerprint density at radius 3 is 2.62 bits per heavy atom. The smallest absolute Gasteiger partial charge is 0.225 e. The van der Waals surface area contributed by atoms with Crippen LogP contribution in [0.3, 0.4) is 0 Å². The third-order valence-corrected chi connectivity index (χ3v) is 3.43. The molecule has 3 aromatic rings. The van der Waals surface area contributed by atoms with Gasteiger partial charge < -0.3 is 15.7 Å². The quantitative estimate of drug-likeness (QED) is 0.638. The van der Waals surface area contributed by atoms with Crippen molar-refractivity contribution in [1.29, 1.82) is 0 Å². The minimum Gasteiger partial charge on any atom is -0.395 e. The first-order chi connectivity index (χ1) is 11.7. The maximum absolute atomic E-state index is 8.99. The van der Waals surface area contributed by atoms with Gasteiger partial charge in [0.05, 0.1) is 12.3 Å². The van der Waals surface area contributed by atoms with E-state index >= 15 is 0 Å². The van der Waals surface area contributed by atoms with E-state index in [1.165, 1.54) is 0 Å². The van der Waals surface area contributed by atoms with Crippen molar-refractivity contribution in [1.82, 2.24) is 15.0 Å². The highest BCUT2D eigenvalue weighted by atomic mass is 35.5. The van der Waals surface area contributed by atoms with Gasteiger partial charge in [-0.05, 0) is 30.3 Å². The van der Waals surface area contributed by atoms with Gasteiger partial charge in [0.1, 0.15) is 5.82 Å². The molecule has 3 N–H and O–H groups in total. The molecule has 0 bridgehead atoms. The van der Waals surface area contributed by atoms with Gasteiger partial charge in [-0.1, -0.05) is 17.7 Å². The molecule has 24 heavy (non-hydrogen) atoms. The second-order valence-electron chi connectivity index (χ2n) is 4.98. The monoisotopic (exact) mass is 341 g/mol. The maximum Gasteiger partial charge on any atom is 0.225 e. The van der Waals surface area contributed by atoms with E-state index in [0.29, 0.717) is 23.3 Å². The van der Waals surface area contributed by atoms with Crippen molar-refractivity contribution in [2.45, 2.75) is 0 Å². The van der Waals surface area contributed by atoms with Gasteiger partial charge in [-0.25, -0.2) is 4.98 Å². The molecule has 3 rings (SSSR count). The van der Waals surface area contributed by atoms with Crippen molar-refractivity contribution in [2.75, 3.05) is 23.8 Å². The largest absolute Gasteiger partial charge is 0.395 e. The number of anilines is 3. The average molecular weight is 342 g/mol. The minimum atomic E-state index is -0.0000995. The van der Waals surface area contributed by atoms with E-state index < -0.39 is 0 Å². The first-order valence-corrected chi connectivity index (χ1v) is 7.79. The summed E-state index contributed by atoms with van der Waals surface area (Å²) >= 11 is 6.02. The van der Waals surface area contributed by atoms with Crippen LogP contribution in [-0.4, -0.2) is 33.2 Å². The zero-order chi connectivity index (χ0) is 16.8. The molecule has 7 heteroatoms. The fourth-order valence-corrected chi connectivity index (χ4v) is 2.33. The molecule has 0 saturated carbocycles. The van der Waals surface area contributed by atoms with Crippen molar-refractivity contribution in [3.8, 4) is 11.3 Å². The molecule has 2 heterocycles. The van der Waals surface area contributed by atoms with Gasteiger partial charge in [-0.15, -0.1) is 0 Å². The highest BCUT2D eigenvalue weighted by Crippen LogP contribution is 2.24. The SMILES string of the molecule is OCCNc1nc(Nc2cccc(Cl)c2)cc(-c2ccncc2)n1. The Hall–Kier alpha value is -2.70. The van der Waals surface area contributed by atoms with Gasteiger partial charge in [0.15, 0.2) is 0 Å². The molecule has 0 aliphatic carbocycles. The van der Waals surface area contributed by atoms with Crippen LogP contribution in [0.25, 0.3) is 11.3 Å². The van der Waals surface area contributed by atoms with Gasteiger partial charge in [0.25, 0.3) is 0 Å². The molecule has 0 saturated heterocycles. The van der Waals surface area contributed by atoms with E-state index in [0.717, 1.165) is 16.9 Å². The van der Waals surface area contributed by atoms with Gasteiger partial charge in [-0.3, -0.25) is 4.98 Å². The number of benzene rings is 1. The summed E-state index contributed by atoms with van der Waals surface area (Å²) in [6, 6.07) is 13.0. The first-order valence-electron chi connectivity index (χ1n) is 7.41. The molecular formula is C17H16ClN5O. The average Bonchev–Trinajstić information content (AvgIpc) is 2.60. The summed E-state index contributed by atoms with van der Waals surface area (Å²) in [5.41, 5.74) is 2.50. The van der Waals surface area contributed by atoms with Gasteiger partial charge in [-0.2, -0.15) is 4.98 Å². The standard InChI is InChI=1S/C17H16ClN5O/c18-13-2-1-3-14(10-13)21-16-11-15(12-4-6-19-7-5-12)22-17(23-16)20-8-9-24/h1-7,10-11,24H,8-9H2,(H2,20,21,22,23). The predicted octanol–water partition coefficient (Wildman–Crippen LogP) is 3.34. The summed E-state index contributed by atoms with van der Waals surface area (Å²) in [5.74, 6) is 1.06. The Bertz CT molecular complexity index is 813. The highest BCUT2D eigenvalue weighted by molar-refractivity contribution is 6.30. The molecule has 1 aromatic carbocycles. The van der Waals surface area contributed by atoms with Gasteiger partial charge in [0, 0.05) is 41.3 Å². The molecule has 0 spiro atoms. The molecular weight excluding hydrogens is 326 g/mol. The third kappa shape index (κ3) is 4.18. The number of rotatable bonds is 6. The van der Waals surface area contributed by atoms with Crippen LogP contribution in [-0.2, 0) is 0 Å². The molecule has 0 fully saturated rings. The summed E-state index contributed by atoms with van der Waals surface area (Å²) in [5, 5.41) is 15.8. The summed E-state index contributed by atoms with van der Waals surface area (Å²) < 4.78 is 0. The van der Waals surface area contributed by atoms with E-state index in [1.807, 2.05) is 42.5 Å². The number of pyridine rings is 1. The Morgan fingerprint density at radius 1 is 1.04 bits per heavy atom. The summed E-state index contributed by atoms with van der Waals surface area (Å²) in [4.78, 5) is 12.9. The van der Waals surface area contributed by atoms with Crippen molar-refractivity contribution in [3.05, 3.63) is 59.9 Å². The number of aliphatic hydroxyl groups is 1. The lowest BCUT2D eigenvalue weighted by atomic mass is 10.2. The Morgan fingerprint density at radius 2 is 1.88 bits per heavy atom. The fraction of sp³-hybridized carbons (Fsp3) is 0.118. The van der Waals surface area contributed by atoms with Crippen LogP contribution in [0.15, 0.2) is 54.9 Å². The zero-order valence-electron chi connectivity index (χ0n) is 12.8. The van der Waals surface area contributed by atoms with Crippen LogP contribution in [0.5, 0.6) is 0 Å². The number of hydrogen-bond donors (Lipinski definition) is 3. The van der Waals surface area contributed by atoms with Gasteiger partial charge >= 0.3 is 0 Å². The predicted molar refractivity (Wildman–Crippen MR) is 95.6 cm³/mol. The fourth-order valence-electron chi connectivity index (χ4n) is 2.14. The molecule has 0 amide bonds. The lowest BCUT2D eigenvalue weighted by Gasteiger charge is -2.11. The number of nitrogens with zero attached hydrogens (tertiary/aromatic N) is 3. The van der Waals surface area contributed by atoms with Crippen LogP contribution in [0, 0.1) is 0 Å². The summed E-state index contributed by atoms with van der Waals surface area (Å²) in [6.45, 7) is 0.371. The van der Waals surface area contributed by atoms with Crippen molar-refractivity contribution < 1.29 is 5.11 Å². The Balaban J connectivity index is 1.95. The molecule has 122 valence electrons. The van der Waals surface area contributed by atoms with Crippen LogP contribution < -0.4 is 10.6 Å². The van der Waals surface area contributed by atoms with E-state index in [1.54, 1.807) is 12.4 Å². The second-order valence-corrected chi connectivity index (χ2v) is 5.42. The van der Waals surface area contributed by atoms with Crippen LogP contribution in [0.2, 0.25) is 5.02 Å². The molecule has 6 nitrogen and oxygen atoms in total. The molecule has 0 atom stereocenters. The normalized spacial score (nSPS) is 10.4. The number of halogens is 1. The number of hydrogen-bond acceptors (Lipinski definition) is 6. The second kappa shape index (κ2) is 7.72. The molecule has 0 aliphatic rings. The lowest BCUT2D eigenvalue weighted by Crippen LogP contribution is -2.10. The van der Waals surface area contributed by atoms with Gasteiger partial charge in [0.2, 0.25) is 5.95 Å². The topological polar surface area (TPSA) is 83.0 Å². The lowest BCUT2D eigenvalue weighted by molar-refractivity contribution is 0.311. The number of aromatic nitrogens is 3. The summed E-state index contributed by atoms with van der Waals surface area (Å²) in [6.07, 6.45) is 3.42. The van der Waals surface area contributed by atoms with Crippen molar-refractivity contribution in [3.63, 3.8) is 0 Å². The third-order valence-electron chi connectivity index (χ3n) is 3.19. The number of aliphatic hydroxyl groups excluding tert-OH is 1. The van der Waals surface area contributed by atoms with E-state index in [9.17, 15) is 0 Å². The molecule has 0 aliphatic heterocycles. The molecule has 0 unspecified atom stereocenters. The Labute approximate surface area is 144 Å². The maximum atomic E-state index is 8.99. The van der Waals surface area contributed by atoms with Crippen LogP contribution >= 0.6 is 11.6 Å². The minimum absolute atomic E-state index is 0.0000995. The number of nitrogens with one attached hydrogen (secondary N) is 2. The first kappa shape index (κ1) is 16.2. The van der Waals surface area contributed by atoms with Crippen LogP contribution in [0.4, 0.5) is 17.5 Å². The van der Waals surface area contributed by atoms with Crippen LogP contribution in [0.1, 0.15) is 0 Å². The Kier molecular flexibility index (Phi) is 5.20. The molecule has 0 radical (unpaired) electrons. The van der Waals surface area contributed by atoms with Crippen molar-refractivity contribution >= 4 is 29.1 Å². The zero-order valence-corrected chi connectivity index (χ0v) is 13.5. The van der Waals surface area contributed by atoms with E-state index in [-0.39, 0.29) is 6.61 Å².